The fourth-order valence-corrected chi connectivity index (χ4v) is 4.97. The second-order valence-corrected chi connectivity index (χ2v) is 9.39. The van der Waals surface area contributed by atoms with Gasteiger partial charge < -0.3 is 9.47 Å². The molecule has 184 valence electrons. The minimum atomic E-state index is 0.935. The van der Waals surface area contributed by atoms with Gasteiger partial charge in [0.05, 0.1) is 23.4 Å². The Labute approximate surface area is 223 Å². The number of para-hydroxylation sites is 2. The largest absolute Gasteiger partial charge is 0.310 e. The Morgan fingerprint density at radius 2 is 1.16 bits per heavy atom. The van der Waals surface area contributed by atoms with E-state index in [1.165, 1.54) is 16.8 Å². The molecule has 0 aliphatic heterocycles. The van der Waals surface area contributed by atoms with Crippen LogP contribution in [-0.2, 0) is 0 Å². The number of benzene rings is 4. The third-order valence-corrected chi connectivity index (χ3v) is 6.76. The summed E-state index contributed by atoms with van der Waals surface area (Å²) in [7, 11) is 0. The third kappa shape index (κ3) is 4.60. The zero-order valence-electron chi connectivity index (χ0n) is 21.5. The average molecular weight is 493 g/mol. The molecule has 6 rings (SSSR count). The fourth-order valence-electron chi connectivity index (χ4n) is 4.97. The van der Waals surface area contributed by atoms with Gasteiger partial charge in [-0.05, 0) is 73.5 Å². The molecule has 0 amide bonds. The first-order valence-corrected chi connectivity index (χ1v) is 12.7. The molecule has 0 fully saturated rings. The number of aryl methyl sites for hydroxylation is 2. The molecule has 38 heavy (non-hydrogen) atoms. The van der Waals surface area contributed by atoms with Crippen LogP contribution in [0.25, 0.3) is 28.2 Å². The number of rotatable bonds is 6. The molecule has 0 aliphatic carbocycles. The first-order valence-electron chi connectivity index (χ1n) is 12.7. The molecule has 6 aromatic rings. The number of aromatic nitrogens is 3. The van der Waals surface area contributed by atoms with Crippen molar-refractivity contribution in [3.05, 3.63) is 145 Å². The van der Waals surface area contributed by atoms with E-state index < -0.39 is 0 Å². The normalized spacial score (nSPS) is 10.9. The molecule has 0 radical (unpaired) electrons. The van der Waals surface area contributed by atoms with Gasteiger partial charge in [-0.25, -0.2) is 4.98 Å². The molecule has 0 spiro atoms. The van der Waals surface area contributed by atoms with Gasteiger partial charge in [-0.15, -0.1) is 0 Å². The lowest BCUT2D eigenvalue weighted by molar-refractivity contribution is 1.02. The van der Waals surface area contributed by atoms with Crippen LogP contribution in [0.15, 0.2) is 134 Å². The molecular weight excluding hydrogens is 464 g/mol. The summed E-state index contributed by atoms with van der Waals surface area (Å²) in [4.78, 5) is 11.6. The van der Waals surface area contributed by atoms with Crippen molar-refractivity contribution in [2.24, 2.45) is 0 Å². The lowest BCUT2D eigenvalue weighted by atomic mass is 10.1. The minimum absolute atomic E-state index is 0.935. The lowest BCUT2D eigenvalue weighted by Gasteiger charge is -2.26. The number of nitrogens with zero attached hydrogens (tertiary/aromatic N) is 4. The summed E-state index contributed by atoms with van der Waals surface area (Å²) in [5, 5.41) is 0. The van der Waals surface area contributed by atoms with Crippen LogP contribution in [0.4, 0.5) is 17.1 Å². The maximum absolute atomic E-state index is 4.78. The van der Waals surface area contributed by atoms with Gasteiger partial charge in [0.1, 0.15) is 0 Å². The van der Waals surface area contributed by atoms with Gasteiger partial charge >= 0.3 is 0 Å². The second kappa shape index (κ2) is 10.2. The van der Waals surface area contributed by atoms with E-state index in [1.54, 1.807) is 0 Å². The van der Waals surface area contributed by atoms with Crippen LogP contribution >= 0.6 is 0 Å². The Morgan fingerprint density at radius 3 is 1.82 bits per heavy atom. The summed E-state index contributed by atoms with van der Waals surface area (Å²) < 4.78 is 2.12. The lowest BCUT2D eigenvalue weighted by Crippen LogP contribution is -2.10. The van der Waals surface area contributed by atoms with Crippen molar-refractivity contribution in [1.82, 2.24) is 14.5 Å². The monoisotopic (exact) mass is 492 g/mol. The number of hydrogen-bond acceptors (Lipinski definition) is 3. The van der Waals surface area contributed by atoms with Crippen LogP contribution < -0.4 is 4.90 Å². The van der Waals surface area contributed by atoms with Crippen molar-refractivity contribution < 1.29 is 0 Å². The highest BCUT2D eigenvalue weighted by molar-refractivity contribution is 5.81. The predicted molar refractivity (Wildman–Crippen MR) is 156 cm³/mol. The smallest absolute Gasteiger partial charge is 0.0999 e. The zero-order chi connectivity index (χ0) is 25.9. The fraction of sp³-hybridized carbons (Fsp3) is 0.0588. The van der Waals surface area contributed by atoms with Gasteiger partial charge in [0.2, 0.25) is 0 Å². The van der Waals surface area contributed by atoms with Crippen LogP contribution in [0.3, 0.4) is 0 Å². The van der Waals surface area contributed by atoms with Gasteiger partial charge in [-0.2, -0.15) is 0 Å². The van der Waals surface area contributed by atoms with Crippen molar-refractivity contribution in [1.29, 1.82) is 0 Å². The van der Waals surface area contributed by atoms with E-state index in [4.69, 9.17) is 4.98 Å². The third-order valence-electron chi connectivity index (χ3n) is 6.76. The van der Waals surface area contributed by atoms with Gasteiger partial charge in [0, 0.05) is 40.6 Å². The molecule has 4 nitrogen and oxygen atoms in total. The quantitative estimate of drug-likeness (QED) is 0.233. The van der Waals surface area contributed by atoms with E-state index in [1.807, 2.05) is 36.8 Å². The number of imidazole rings is 1. The van der Waals surface area contributed by atoms with E-state index in [2.05, 4.69) is 125 Å². The zero-order valence-corrected chi connectivity index (χ0v) is 21.5. The summed E-state index contributed by atoms with van der Waals surface area (Å²) in [6, 6.07) is 39.9. The summed E-state index contributed by atoms with van der Waals surface area (Å²) in [5.74, 6) is 0. The van der Waals surface area contributed by atoms with Gasteiger partial charge in [-0.1, -0.05) is 66.7 Å². The molecule has 2 heterocycles. The van der Waals surface area contributed by atoms with Crippen LogP contribution in [0, 0.1) is 13.8 Å². The number of pyridine rings is 1. The Hall–Kier alpha value is -4.96. The molecule has 0 saturated heterocycles. The van der Waals surface area contributed by atoms with Crippen LogP contribution in [0.5, 0.6) is 0 Å². The Bertz CT molecular complexity index is 1670. The number of anilines is 3. The van der Waals surface area contributed by atoms with Crippen molar-refractivity contribution in [2.45, 2.75) is 13.8 Å². The number of hydrogen-bond donors (Lipinski definition) is 0. The van der Waals surface area contributed by atoms with Crippen LogP contribution in [0.2, 0.25) is 0 Å². The summed E-state index contributed by atoms with van der Waals surface area (Å²) in [5.41, 5.74) is 10.9. The van der Waals surface area contributed by atoms with Gasteiger partial charge in [0.25, 0.3) is 0 Å². The summed E-state index contributed by atoms with van der Waals surface area (Å²) in [6.07, 6.45) is 5.85. The molecule has 0 saturated carbocycles. The maximum atomic E-state index is 4.78. The summed E-state index contributed by atoms with van der Waals surface area (Å²) in [6.45, 7) is 4.28. The highest BCUT2D eigenvalue weighted by atomic mass is 15.1. The Morgan fingerprint density at radius 1 is 0.553 bits per heavy atom. The van der Waals surface area contributed by atoms with Gasteiger partial charge in [-0.3, -0.25) is 4.98 Å². The van der Waals surface area contributed by atoms with Crippen molar-refractivity contribution in [2.75, 3.05) is 4.90 Å². The Kier molecular flexibility index (Phi) is 6.29. The molecule has 0 N–H and O–H groups in total. The predicted octanol–water partition coefficient (Wildman–Crippen LogP) is 8.69. The van der Waals surface area contributed by atoms with Crippen LogP contribution in [0.1, 0.15) is 11.1 Å². The van der Waals surface area contributed by atoms with Crippen molar-refractivity contribution in [3.8, 4) is 28.2 Å². The van der Waals surface area contributed by atoms with E-state index in [-0.39, 0.29) is 0 Å². The SMILES string of the molecule is Cc1cccc(C)c1-n1cnc(-c2cccc(N(c3ccccc3)c3cccc(-c4ccccn4)c3)c2)c1. The molecule has 2 aromatic heterocycles. The van der Waals surface area contributed by atoms with Crippen molar-refractivity contribution >= 4 is 17.1 Å². The highest BCUT2D eigenvalue weighted by Gasteiger charge is 2.15. The van der Waals surface area contributed by atoms with Crippen LogP contribution in [-0.4, -0.2) is 14.5 Å². The van der Waals surface area contributed by atoms with E-state index in [9.17, 15) is 0 Å². The second-order valence-electron chi connectivity index (χ2n) is 9.39. The topological polar surface area (TPSA) is 34.0 Å². The molecule has 0 unspecified atom stereocenters. The van der Waals surface area contributed by atoms with Crippen molar-refractivity contribution in [3.63, 3.8) is 0 Å². The first kappa shape index (κ1) is 23.4. The average Bonchev–Trinajstić information content (AvgIpc) is 3.44. The van der Waals surface area contributed by atoms with E-state index >= 15 is 0 Å². The Balaban J connectivity index is 1.42. The van der Waals surface area contributed by atoms with Gasteiger partial charge in [0.15, 0.2) is 0 Å². The molecule has 0 bridgehead atoms. The summed E-state index contributed by atoms with van der Waals surface area (Å²) >= 11 is 0. The standard InChI is InChI=1S/C34H28N4/c1-25-11-8-12-26(2)34(25)37-23-33(36-24-37)28-14-10-18-31(22-28)38(29-15-4-3-5-16-29)30-17-9-13-27(21-30)32-19-6-7-20-35-32/h3-24H,1-2H3. The molecule has 4 heteroatoms. The molecule has 0 atom stereocenters. The molecular formula is C34H28N4. The first-order chi connectivity index (χ1) is 18.7. The van der Waals surface area contributed by atoms with E-state index in [0.717, 1.165) is 39.6 Å². The maximum Gasteiger partial charge on any atom is 0.0999 e. The van der Waals surface area contributed by atoms with E-state index in [0.29, 0.717) is 0 Å². The molecule has 4 aromatic carbocycles. The molecule has 0 aliphatic rings. The highest BCUT2D eigenvalue weighted by Crippen LogP contribution is 2.37. The minimum Gasteiger partial charge on any atom is -0.310 e.